The van der Waals surface area contributed by atoms with Crippen molar-refractivity contribution in [2.75, 3.05) is 17.1 Å². The van der Waals surface area contributed by atoms with Crippen molar-refractivity contribution in [1.29, 1.82) is 0 Å². The van der Waals surface area contributed by atoms with Crippen LogP contribution in [-0.2, 0) is 15.4 Å². The molecule has 0 atom stereocenters. The van der Waals surface area contributed by atoms with Crippen molar-refractivity contribution in [1.82, 2.24) is 0 Å². The van der Waals surface area contributed by atoms with Gasteiger partial charge >= 0.3 is 0 Å². The van der Waals surface area contributed by atoms with Gasteiger partial charge in [-0.05, 0) is 18.9 Å². The number of hydrogen-bond acceptors (Lipinski definition) is 4. The van der Waals surface area contributed by atoms with Crippen LogP contribution >= 0.6 is 0 Å². The fraction of sp³-hybridized carbons (Fsp3) is 0.500. The Bertz CT molecular complexity index is 712. The second kappa shape index (κ2) is 3.91. The lowest BCUT2D eigenvalue weighted by molar-refractivity contribution is -0.384. The fourth-order valence-electron chi connectivity index (χ4n) is 3.19. The van der Waals surface area contributed by atoms with Crippen LogP contribution in [0.4, 0.5) is 15.8 Å². The fourth-order valence-corrected chi connectivity index (χ4v) is 4.19. The summed E-state index contributed by atoms with van der Waals surface area (Å²) in [6.45, 7) is 0.100. The van der Waals surface area contributed by atoms with E-state index in [0.717, 1.165) is 29.1 Å². The molecule has 0 bridgehead atoms. The lowest BCUT2D eigenvalue weighted by atomic mass is 9.65. The lowest BCUT2D eigenvalue weighted by Gasteiger charge is -2.38. The summed E-state index contributed by atoms with van der Waals surface area (Å²) in [7, 11) is -3.67. The first-order valence-corrected chi connectivity index (χ1v) is 8.06. The Labute approximate surface area is 115 Å². The third kappa shape index (κ3) is 1.64. The smallest absolute Gasteiger partial charge is 0.262 e. The zero-order chi connectivity index (χ0) is 14.7. The molecule has 0 radical (unpaired) electrons. The van der Waals surface area contributed by atoms with Gasteiger partial charge in [-0.1, -0.05) is 6.42 Å². The number of hydrogen-bond donors (Lipinski definition) is 0. The minimum absolute atomic E-state index is 0.0859. The molecule has 1 aliphatic carbocycles. The Morgan fingerprint density at radius 3 is 2.50 bits per heavy atom. The molecule has 0 amide bonds. The zero-order valence-electron chi connectivity index (χ0n) is 10.8. The van der Waals surface area contributed by atoms with E-state index in [-0.39, 0.29) is 23.5 Å². The van der Waals surface area contributed by atoms with Crippen LogP contribution in [0.15, 0.2) is 12.1 Å². The van der Waals surface area contributed by atoms with Crippen molar-refractivity contribution in [3.05, 3.63) is 33.6 Å². The SMILES string of the molecule is CS(=O)(=O)N1CC2(CCC2)c2c(F)ccc([N+](=O)[O-])c21. The lowest BCUT2D eigenvalue weighted by Crippen LogP contribution is -2.41. The molecule has 0 unspecified atom stereocenters. The van der Waals surface area contributed by atoms with Crippen LogP contribution < -0.4 is 4.31 Å². The highest BCUT2D eigenvalue weighted by Crippen LogP contribution is 2.56. The molecule has 3 rings (SSSR count). The van der Waals surface area contributed by atoms with Crippen LogP contribution in [0.5, 0.6) is 0 Å². The predicted molar refractivity (Wildman–Crippen MR) is 70.8 cm³/mol. The summed E-state index contributed by atoms with van der Waals surface area (Å²) in [6, 6.07) is 2.09. The number of sulfonamides is 1. The van der Waals surface area contributed by atoms with Crippen molar-refractivity contribution in [2.24, 2.45) is 0 Å². The highest BCUT2D eigenvalue weighted by atomic mass is 32.2. The molecule has 1 fully saturated rings. The number of nitro groups is 1. The average Bonchev–Trinajstić information content (AvgIpc) is 2.65. The van der Waals surface area contributed by atoms with Gasteiger partial charge in [0.2, 0.25) is 10.0 Å². The Balaban J connectivity index is 2.33. The maximum Gasteiger partial charge on any atom is 0.294 e. The van der Waals surface area contributed by atoms with Gasteiger partial charge in [-0.2, -0.15) is 0 Å². The molecule has 20 heavy (non-hydrogen) atoms. The number of fused-ring (bicyclic) bond motifs is 2. The van der Waals surface area contributed by atoms with E-state index in [0.29, 0.717) is 12.8 Å². The minimum Gasteiger partial charge on any atom is -0.262 e. The third-order valence-corrected chi connectivity index (χ3v) is 5.35. The molecule has 0 aromatic heterocycles. The van der Waals surface area contributed by atoms with Crippen molar-refractivity contribution in [3.63, 3.8) is 0 Å². The van der Waals surface area contributed by atoms with Gasteiger partial charge < -0.3 is 0 Å². The number of benzene rings is 1. The Morgan fingerprint density at radius 1 is 1.40 bits per heavy atom. The average molecular weight is 300 g/mol. The van der Waals surface area contributed by atoms with E-state index in [1.807, 2.05) is 0 Å². The first-order chi connectivity index (χ1) is 9.26. The van der Waals surface area contributed by atoms with Gasteiger partial charge in [-0.3, -0.25) is 14.4 Å². The summed E-state index contributed by atoms with van der Waals surface area (Å²) in [4.78, 5) is 10.5. The van der Waals surface area contributed by atoms with Crippen LogP contribution in [0.1, 0.15) is 24.8 Å². The first-order valence-electron chi connectivity index (χ1n) is 6.21. The third-order valence-electron chi connectivity index (χ3n) is 4.24. The van der Waals surface area contributed by atoms with E-state index in [4.69, 9.17) is 0 Å². The molecule has 1 aromatic carbocycles. The minimum atomic E-state index is -3.67. The maximum atomic E-state index is 14.2. The van der Waals surface area contributed by atoms with E-state index in [2.05, 4.69) is 0 Å². The van der Waals surface area contributed by atoms with Gasteiger partial charge in [0.15, 0.2) is 0 Å². The maximum absolute atomic E-state index is 14.2. The van der Waals surface area contributed by atoms with Crippen molar-refractivity contribution in [2.45, 2.75) is 24.7 Å². The molecule has 0 N–H and O–H groups in total. The molecular formula is C12H13FN2O4S. The quantitative estimate of drug-likeness (QED) is 0.617. The van der Waals surface area contributed by atoms with Crippen LogP contribution in [0, 0.1) is 15.9 Å². The van der Waals surface area contributed by atoms with E-state index in [1.54, 1.807) is 0 Å². The number of halogens is 1. The van der Waals surface area contributed by atoms with Crippen molar-refractivity contribution < 1.29 is 17.7 Å². The summed E-state index contributed by atoms with van der Waals surface area (Å²) < 4.78 is 38.9. The standard InChI is InChI=1S/C12H13FN2O4S/c1-20(18,19)14-7-12(5-2-6-12)10-8(13)3-4-9(11(10)14)15(16)17/h3-4H,2,5-7H2,1H3. The molecule has 1 aromatic rings. The second-order valence-corrected chi connectivity index (χ2v) is 7.36. The van der Waals surface area contributed by atoms with E-state index >= 15 is 0 Å². The Morgan fingerprint density at radius 2 is 2.05 bits per heavy atom. The van der Waals surface area contributed by atoms with Gasteiger partial charge in [0.25, 0.3) is 5.69 Å². The number of anilines is 1. The topological polar surface area (TPSA) is 80.5 Å². The van der Waals surface area contributed by atoms with E-state index in [9.17, 15) is 22.9 Å². The van der Waals surface area contributed by atoms with Gasteiger partial charge in [-0.25, -0.2) is 12.8 Å². The molecule has 8 heteroatoms. The molecule has 1 heterocycles. The van der Waals surface area contributed by atoms with Crippen LogP contribution in [0.3, 0.4) is 0 Å². The van der Waals surface area contributed by atoms with Crippen molar-refractivity contribution in [3.8, 4) is 0 Å². The molecule has 1 spiro atoms. The van der Waals surface area contributed by atoms with E-state index < -0.39 is 26.2 Å². The largest absolute Gasteiger partial charge is 0.294 e. The molecule has 108 valence electrons. The van der Waals surface area contributed by atoms with Crippen LogP contribution in [0.2, 0.25) is 0 Å². The van der Waals surface area contributed by atoms with Crippen LogP contribution in [-0.4, -0.2) is 26.1 Å². The highest BCUT2D eigenvalue weighted by molar-refractivity contribution is 7.92. The predicted octanol–water partition coefficient (Wildman–Crippen LogP) is 1.94. The monoisotopic (exact) mass is 300 g/mol. The molecule has 6 nitrogen and oxygen atoms in total. The normalized spacial score (nSPS) is 19.8. The van der Waals surface area contributed by atoms with E-state index in [1.165, 1.54) is 0 Å². The number of nitrogens with zero attached hydrogens (tertiary/aromatic N) is 2. The summed E-state index contributed by atoms with van der Waals surface area (Å²) in [5.41, 5.74) is -0.828. The van der Waals surface area contributed by atoms with Gasteiger partial charge in [0.05, 0.1) is 11.2 Å². The molecule has 0 saturated heterocycles. The molecule has 2 aliphatic rings. The molecule has 1 saturated carbocycles. The summed E-state index contributed by atoms with van der Waals surface area (Å²) >= 11 is 0. The summed E-state index contributed by atoms with van der Waals surface area (Å²) in [5.74, 6) is -0.559. The van der Waals surface area contributed by atoms with Gasteiger partial charge in [0.1, 0.15) is 11.5 Å². The van der Waals surface area contributed by atoms with Crippen molar-refractivity contribution >= 4 is 21.4 Å². The summed E-state index contributed by atoms with van der Waals surface area (Å²) in [5, 5.41) is 11.1. The molecular weight excluding hydrogens is 287 g/mol. The number of rotatable bonds is 2. The Kier molecular flexibility index (Phi) is 2.60. The Hall–Kier alpha value is -1.70. The number of nitro benzene ring substituents is 1. The second-order valence-electron chi connectivity index (χ2n) is 5.45. The summed E-state index contributed by atoms with van der Waals surface area (Å²) in [6.07, 6.45) is 3.18. The first kappa shape index (κ1) is 13.3. The van der Waals surface area contributed by atoms with Gasteiger partial charge in [0, 0.05) is 23.6 Å². The zero-order valence-corrected chi connectivity index (χ0v) is 11.6. The van der Waals surface area contributed by atoms with Crippen LogP contribution in [0.25, 0.3) is 0 Å². The van der Waals surface area contributed by atoms with Gasteiger partial charge in [-0.15, -0.1) is 0 Å². The highest BCUT2D eigenvalue weighted by Gasteiger charge is 2.53. The molecule has 1 aliphatic heterocycles.